The van der Waals surface area contributed by atoms with Gasteiger partial charge >= 0.3 is 0 Å². The fraction of sp³-hybridized carbons (Fsp3) is 0.762. The highest BCUT2D eigenvalue weighted by atomic mass is 32.1. The third-order valence-corrected chi connectivity index (χ3v) is 6.48. The number of carbonyl (C=O) groups excluding carboxylic acids is 1. The first-order chi connectivity index (χ1) is 13.5. The van der Waals surface area contributed by atoms with Crippen LogP contribution in [0.4, 0.5) is 0 Å². The van der Waals surface area contributed by atoms with Crippen LogP contribution in [0, 0.1) is 5.92 Å². The lowest BCUT2D eigenvalue weighted by molar-refractivity contribution is -0.136. The lowest BCUT2D eigenvalue weighted by atomic mass is 9.98. The largest absolute Gasteiger partial charge is 0.357 e. The minimum Gasteiger partial charge on any atom is -0.357 e. The SMILES string of the molecule is CCNC(=NCc1csc(C(C)C)n1)NC1CCN(C(=O)C(CC)CC)CC1. The number of aromatic nitrogens is 1. The zero-order chi connectivity index (χ0) is 20.5. The molecule has 0 radical (unpaired) electrons. The van der Waals surface area contributed by atoms with E-state index in [9.17, 15) is 4.79 Å². The Morgan fingerprint density at radius 1 is 1.29 bits per heavy atom. The van der Waals surface area contributed by atoms with E-state index in [-0.39, 0.29) is 5.92 Å². The second kappa shape index (κ2) is 11.4. The molecule has 0 atom stereocenters. The second-order valence-electron chi connectivity index (χ2n) is 7.78. The topological polar surface area (TPSA) is 69.6 Å². The van der Waals surface area contributed by atoms with Crippen LogP contribution in [-0.2, 0) is 11.3 Å². The monoisotopic (exact) mass is 407 g/mol. The highest BCUT2D eigenvalue weighted by Gasteiger charge is 2.26. The van der Waals surface area contributed by atoms with E-state index in [1.165, 1.54) is 0 Å². The molecule has 2 rings (SSSR count). The number of amides is 1. The van der Waals surface area contributed by atoms with E-state index in [1.807, 2.05) is 4.90 Å². The first-order valence-corrected chi connectivity index (χ1v) is 11.6. The standard InChI is InChI=1S/C21H37N5OS/c1-6-16(7-2)20(27)26-11-9-17(10-12-26)25-21(22-8-3)23-13-18-14-28-19(24-18)15(4)5/h14-17H,6-13H2,1-5H3,(H2,22,23,25). The van der Waals surface area contributed by atoms with Crippen molar-refractivity contribution in [1.82, 2.24) is 20.5 Å². The van der Waals surface area contributed by atoms with Crippen LogP contribution < -0.4 is 10.6 Å². The van der Waals surface area contributed by atoms with Crippen LogP contribution in [-0.4, -0.2) is 47.4 Å². The Bertz CT molecular complexity index is 630. The van der Waals surface area contributed by atoms with Crippen LogP contribution in [0.15, 0.2) is 10.4 Å². The summed E-state index contributed by atoms with van der Waals surface area (Å²) in [5.41, 5.74) is 1.02. The molecule has 0 saturated carbocycles. The molecule has 1 fully saturated rings. The molecule has 1 aliphatic heterocycles. The molecule has 2 heterocycles. The van der Waals surface area contributed by atoms with Crippen LogP contribution in [0.25, 0.3) is 0 Å². The molecule has 0 aromatic carbocycles. The van der Waals surface area contributed by atoms with Gasteiger partial charge < -0.3 is 15.5 Å². The molecule has 6 nitrogen and oxygen atoms in total. The summed E-state index contributed by atoms with van der Waals surface area (Å²) in [7, 11) is 0. The molecule has 0 bridgehead atoms. The summed E-state index contributed by atoms with van der Waals surface area (Å²) < 4.78 is 0. The van der Waals surface area contributed by atoms with Crippen LogP contribution in [0.5, 0.6) is 0 Å². The van der Waals surface area contributed by atoms with Crippen molar-refractivity contribution in [2.24, 2.45) is 10.9 Å². The molecule has 0 spiro atoms. The number of nitrogens with one attached hydrogen (secondary N) is 2. The van der Waals surface area contributed by atoms with E-state index in [0.717, 1.165) is 62.0 Å². The molecule has 0 unspecified atom stereocenters. The minimum absolute atomic E-state index is 0.178. The highest BCUT2D eigenvalue weighted by Crippen LogP contribution is 2.20. The normalized spacial score (nSPS) is 16.1. The Kier molecular flexibility index (Phi) is 9.22. The Hall–Kier alpha value is -1.63. The van der Waals surface area contributed by atoms with E-state index in [2.05, 4.69) is 55.6 Å². The Labute approximate surface area is 174 Å². The maximum absolute atomic E-state index is 12.6. The van der Waals surface area contributed by atoms with Crippen molar-refractivity contribution < 1.29 is 4.79 Å². The third kappa shape index (κ3) is 6.47. The van der Waals surface area contributed by atoms with Crippen molar-refractivity contribution in [3.8, 4) is 0 Å². The molecule has 28 heavy (non-hydrogen) atoms. The number of hydrogen-bond acceptors (Lipinski definition) is 4. The van der Waals surface area contributed by atoms with E-state index >= 15 is 0 Å². The number of piperidine rings is 1. The maximum atomic E-state index is 12.6. The van der Waals surface area contributed by atoms with Crippen LogP contribution in [0.1, 0.15) is 76.9 Å². The molecule has 1 aromatic heterocycles. The molecule has 158 valence electrons. The van der Waals surface area contributed by atoms with Crippen LogP contribution in [0.3, 0.4) is 0 Å². The molecule has 0 aliphatic carbocycles. The minimum atomic E-state index is 0.178. The van der Waals surface area contributed by atoms with E-state index < -0.39 is 0 Å². The number of rotatable bonds is 8. The van der Waals surface area contributed by atoms with Crippen molar-refractivity contribution in [2.45, 2.75) is 78.8 Å². The number of thiazole rings is 1. The Balaban J connectivity index is 1.88. The van der Waals surface area contributed by atoms with Gasteiger partial charge in [0.25, 0.3) is 0 Å². The van der Waals surface area contributed by atoms with Gasteiger partial charge in [0.15, 0.2) is 5.96 Å². The van der Waals surface area contributed by atoms with Gasteiger partial charge in [-0.15, -0.1) is 11.3 Å². The van der Waals surface area contributed by atoms with Gasteiger partial charge in [0.05, 0.1) is 17.2 Å². The average molecular weight is 408 g/mol. The zero-order valence-electron chi connectivity index (χ0n) is 18.1. The van der Waals surface area contributed by atoms with Crippen molar-refractivity contribution in [1.29, 1.82) is 0 Å². The fourth-order valence-corrected chi connectivity index (χ4v) is 4.30. The van der Waals surface area contributed by atoms with Gasteiger partial charge in [-0.3, -0.25) is 4.79 Å². The number of carbonyl (C=O) groups is 1. The molecule has 2 N–H and O–H groups in total. The van der Waals surface area contributed by atoms with Crippen molar-refractivity contribution in [3.05, 3.63) is 16.1 Å². The molecular formula is C21H37N5OS. The summed E-state index contributed by atoms with van der Waals surface area (Å²) in [5.74, 6) is 1.80. The molecular weight excluding hydrogens is 370 g/mol. The fourth-order valence-electron chi connectivity index (χ4n) is 3.47. The second-order valence-corrected chi connectivity index (χ2v) is 8.67. The van der Waals surface area contributed by atoms with Gasteiger partial charge in [-0.2, -0.15) is 0 Å². The van der Waals surface area contributed by atoms with Crippen LogP contribution in [0.2, 0.25) is 0 Å². The smallest absolute Gasteiger partial charge is 0.225 e. The number of likely N-dealkylation sites (tertiary alicyclic amines) is 1. The van der Waals surface area contributed by atoms with Gasteiger partial charge in [-0.05, 0) is 32.6 Å². The van der Waals surface area contributed by atoms with E-state index in [1.54, 1.807) is 11.3 Å². The number of guanidine groups is 1. The predicted molar refractivity (Wildman–Crippen MR) is 118 cm³/mol. The Morgan fingerprint density at radius 2 is 1.96 bits per heavy atom. The first-order valence-electron chi connectivity index (χ1n) is 10.8. The first kappa shape index (κ1) is 22.7. The number of hydrogen-bond donors (Lipinski definition) is 2. The van der Waals surface area contributed by atoms with Crippen molar-refractivity contribution >= 4 is 23.2 Å². The summed E-state index contributed by atoms with van der Waals surface area (Å²) in [6, 6.07) is 0.352. The summed E-state index contributed by atoms with van der Waals surface area (Å²) in [4.78, 5) is 24.0. The summed E-state index contributed by atoms with van der Waals surface area (Å²) in [6.07, 6.45) is 3.79. The number of aliphatic imine (C=N–C) groups is 1. The van der Waals surface area contributed by atoms with E-state index in [0.29, 0.717) is 24.4 Å². The highest BCUT2D eigenvalue weighted by molar-refractivity contribution is 7.09. The summed E-state index contributed by atoms with van der Waals surface area (Å²) in [5, 5.41) is 10.2. The summed E-state index contributed by atoms with van der Waals surface area (Å²) >= 11 is 1.71. The lowest BCUT2D eigenvalue weighted by Crippen LogP contribution is -2.50. The third-order valence-electron chi connectivity index (χ3n) is 5.29. The van der Waals surface area contributed by atoms with Crippen LogP contribution >= 0.6 is 11.3 Å². The molecule has 1 amide bonds. The molecule has 1 aromatic rings. The Morgan fingerprint density at radius 3 is 2.50 bits per heavy atom. The van der Waals surface area contributed by atoms with Crippen molar-refractivity contribution in [2.75, 3.05) is 19.6 Å². The molecule has 1 aliphatic rings. The van der Waals surface area contributed by atoms with Crippen molar-refractivity contribution in [3.63, 3.8) is 0 Å². The quantitative estimate of drug-likeness (QED) is 0.509. The lowest BCUT2D eigenvalue weighted by Gasteiger charge is -2.34. The molecule has 1 saturated heterocycles. The van der Waals surface area contributed by atoms with Gasteiger partial charge in [0, 0.05) is 42.9 Å². The predicted octanol–water partition coefficient (Wildman–Crippen LogP) is 3.75. The summed E-state index contributed by atoms with van der Waals surface area (Å²) in [6.45, 7) is 13.7. The zero-order valence-corrected chi connectivity index (χ0v) is 18.9. The number of nitrogens with zero attached hydrogens (tertiary/aromatic N) is 3. The van der Waals surface area contributed by atoms with Gasteiger partial charge in [0.1, 0.15) is 0 Å². The average Bonchev–Trinajstić information content (AvgIpc) is 3.17. The van der Waals surface area contributed by atoms with Gasteiger partial charge in [-0.1, -0.05) is 27.7 Å². The van der Waals surface area contributed by atoms with Gasteiger partial charge in [-0.25, -0.2) is 9.98 Å². The van der Waals surface area contributed by atoms with Gasteiger partial charge in [0.2, 0.25) is 5.91 Å². The van der Waals surface area contributed by atoms with E-state index in [4.69, 9.17) is 4.99 Å². The maximum Gasteiger partial charge on any atom is 0.225 e. The molecule has 7 heteroatoms.